The Bertz CT molecular complexity index is 617. The first-order valence-electron chi connectivity index (χ1n) is 6.57. The number of hydrogen-bond donors (Lipinski definition) is 2. The van der Waals surface area contributed by atoms with Crippen LogP contribution in [-0.2, 0) is 13.1 Å². The standard InChI is InChI=1S/C16H17BrN2O2/c1-21-14-7-4-5-12(9-14)10-18-16(20)19-11-13-6-2-3-8-15(13)17/h2-9H,10-11H2,1H3,(H2,18,19,20). The van der Waals surface area contributed by atoms with E-state index in [0.717, 1.165) is 21.3 Å². The lowest BCUT2D eigenvalue weighted by Gasteiger charge is -2.09. The number of hydrogen-bond acceptors (Lipinski definition) is 2. The van der Waals surface area contributed by atoms with E-state index in [0.29, 0.717) is 13.1 Å². The van der Waals surface area contributed by atoms with Crippen molar-refractivity contribution in [1.82, 2.24) is 10.6 Å². The molecule has 0 fully saturated rings. The summed E-state index contributed by atoms with van der Waals surface area (Å²) in [5, 5.41) is 5.65. The lowest BCUT2D eigenvalue weighted by atomic mass is 10.2. The SMILES string of the molecule is COc1cccc(CNC(=O)NCc2ccccc2Br)c1. The minimum atomic E-state index is -0.200. The molecule has 0 saturated heterocycles. The van der Waals surface area contributed by atoms with Crippen LogP contribution in [0.5, 0.6) is 5.75 Å². The highest BCUT2D eigenvalue weighted by Gasteiger charge is 2.03. The Balaban J connectivity index is 1.81. The molecule has 0 aliphatic carbocycles. The zero-order valence-corrected chi connectivity index (χ0v) is 13.3. The third-order valence-electron chi connectivity index (χ3n) is 2.98. The van der Waals surface area contributed by atoms with Crippen molar-refractivity contribution in [3.05, 3.63) is 64.1 Å². The Labute approximate surface area is 132 Å². The molecule has 0 bridgehead atoms. The zero-order chi connectivity index (χ0) is 15.1. The van der Waals surface area contributed by atoms with Crippen LogP contribution < -0.4 is 15.4 Å². The van der Waals surface area contributed by atoms with Crippen LogP contribution >= 0.6 is 15.9 Å². The maximum absolute atomic E-state index is 11.8. The predicted octanol–water partition coefficient (Wildman–Crippen LogP) is 3.46. The van der Waals surface area contributed by atoms with E-state index in [1.165, 1.54) is 0 Å². The monoisotopic (exact) mass is 348 g/mol. The van der Waals surface area contributed by atoms with Crippen molar-refractivity contribution in [2.75, 3.05) is 7.11 Å². The van der Waals surface area contributed by atoms with Gasteiger partial charge in [0, 0.05) is 17.6 Å². The topological polar surface area (TPSA) is 50.4 Å². The summed E-state index contributed by atoms with van der Waals surface area (Å²) in [6.07, 6.45) is 0. The summed E-state index contributed by atoms with van der Waals surface area (Å²) >= 11 is 3.45. The summed E-state index contributed by atoms with van der Waals surface area (Å²) in [5.74, 6) is 0.780. The largest absolute Gasteiger partial charge is 0.497 e. The van der Waals surface area contributed by atoms with Crippen molar-refractivity contribution in [2.24, 2.45) is 0 Å². The molecule has 2 N–H and O–H groups in total. The summed E-state index contributed by atoms with van der Waals surface area (Å²) in [6.45, 7) is 0.935. The minimum absolute atomic E-state index is 0.200. The average Bonchev–Trinajstić information content (AvgIpc) is 2.52. The van der Waals surface area contributed by atoms with Crippen LogP contribution in [0.25, 0.3) is 0 Å². The Morgan fingerprint density at radius 1 is 1.10 bits per heavy atom. The molecule has 21 heavy (non-hydrogen) atoms. The number of carbonyl (C=O) groups excluding carboxylic acids is 1. The molecule has 4 nitrogen and oxygen atoms in total. The fourth-order valence-electron chi connectivity index (χ4n) is 1.84. The molecule has 0 heterocycles. The van der Waals surface area contributed by atoms with Gasteiger partial charge < -0.3 is 15.4 Å². The summed E-state index contributed by atoms with van der Waals surface area (Å²) in [7, 11) is 1.62. The van der Waals surface area contributed by atoms with Gasteiger partial charge in [-0.15, -0.1) is 0 Å². The quantitative estimate of drug-likeness (QED) is 0.869. The molecule has 0 saturated carbocycles. The van der Waals surface area contributed by atoms with Gasteiger partial charge in [-0.25, -0.2) is 4.79 Å². The first kappa shape index (κ1) is 15.4. The second-order valence-electron chi connectivity index (χ2n) is 4.48. The average molecular weight is 349 g/mol. The minimum Gasteiger partial charge on any atom is -0.497 e. The van der Waals surface area contributed by atoms with Crippen molar-refractivity contribution in [3.8, 4) is 5.75 Å². The summed E-state index contributed by atoms with van der Waals surface area (Å²) < 4.78 is 6.13. The van der Waals surface area contributed by atoms with Gasteiger partial charge in [0.2, 0.25) is 0 Å². The third-order valence-corrected chi connectivity index (χ3v) is 3.76. The second-order valence-corrected chi connectivity index (χ2v) is 5.33. The van der Waals surface area contributed by atoms with Gasteiger partial charge in [-0.3, -0.25) is 0 Å². The van der Waals surface area contributed by atoms with Crippen molar-refractivity contribution in [3.63, 3.8) is 0 Å². The van der Waals surface area contributed by atoms with E-state index >= 15 is 0 Å². The number of ether oxygens (including phenoxy) is 1. The van der Waals surface area contributed by atoms with Crippen LogP contribution in [0.15, 0.2) is 53.0 Å². The molecule has 2 aromatic carbocycles. The van der Waals surface area contributed by atoms with E-state index in [2.05, 4.69) is 26.6 Å². The Morgan fingerprint density at radius 2 is 1.86 bits per heavy atom. The zero-order valence-electron chi connectivity index (χ0n) is 11.7. The fraction of sp³-hybridized carbons (Fsp3) is 0.188. The first-order chi connectivity index (χ1) is 10.2. The summed E-state index contributed by atoms with van der Waals surface area (Å²) in [6, 6.07) is 15.2. The van der Waals surface area contributed by atoms with Crippen molar-refractivity contribution >= 4 is 22.0 Å². The number of benzene rings is 2. The van der Waals surface area contributed by atoms with Gasteiger partial charge in [0.25, 0.3) is 0 Å². The van der Waals surface area contributed by atoms with Gasteiger partial charge in [-0.05, 0) is 29.3 Å². The molecular formula is C16H17BrN2O2. The smallest absolute Gasteiger partial charge is 0.315 e. The molecule has 5 heteroatoms. The van der Waals surface area contributed by atoms with Crippen LogP contribution in [-0.4, -0.2) is 13.1 Å². The molecule has 0 aromatic heterocycles. The normalized spacial score (nSPS) is 10.0. The van der Waals surface area contributed by atoms with Gasteiger partial charge in [0.15, 0.2) is 0 Å². The molecule has 2 aromatic rings. The first-order valence-corrected chi connectivity index (χ1v) is 7.36. The summed E-state index contributed by atoms with van der Waals surface area (Å²) in [5.41, 5.74) is 2.03. The Hall–Kier alpha value is -2.01. The molecule has 0 spiro atoms. The third kappa shape index (κ3) is 4.79. The molecule has 2 rings (SSSR count). The Kier molecular flexibility index (Phi) is 5.63. The fourth-order valence-corrected chi connectivity index (χ4v) is 2.27. The predicted molar refractivity (Wildman–Crippen MR) is 86.2 cm³/mol. The van der Waals surface area contributed by atoms with E-state index in [-0.39, 0.29) is 6.03 Å². The van der Waals surface area contributed by atoms with Gasteiger partial charge in [0.1, 0.15) is 5.75 Å². The number of rotatable bonds is 5. The lowest BCUT2D eigenvalue weighted by Crippen LogP contribution is -2.34. The highest BCUT2D eigenvalue weighted by atomic mass is 79.9. The number of urea groups is 1. The van der Waals surface area contributed by atoms with Gasteiger partial charge in [-0.2, -0.15) is 0 Å². The molecule has 0 aliphatic heterocycles. The van der Waals surface area contributed by atoms with Crippen LogP contribution in [0.4, 0.5) is 4.79 Å². The molecule has 0 aliphatic rings. The molecule has 0 atom stereocenters. The lowest BCUT2D eigenvalue weighted by molar-refractivity contribution is 0.240. The van der Waals surface area contributed by atoms with Crippen molar-refractivity contribution in [1.29, 1.82) is 0 Å². The van der Waals surface area contributed by atoms with E-state index in [1.807, 2.05) is 48.5 Å². The maximum Gasteiger partial charge on any atom is 0.315 e. The number of halogens is 1. The van der Waals surface area contributed by atoms with Crippen LogP contribution in [0.3, 0.4) is 0 Å². The number of carbonyl (C=O) groups is 1. The van der Waals surface area contributed by atoms with Gasteiger partial charge >= 0.3 is 6.03 Å². The Morgan fingerprint density at radius 3 is 2.62 bits per heavy atom. The number of nitrogens with one attached hydrogen (secondary N) is 2. The highest BCUT2D eigenvalue weighted by molar-refractivity contribution is 9.10. The van der Waals surface area contributed by atoms with E-state index in [9.17, 15) is 4.79 Å². The van der Waals surface area contributed by atoms with Crippen molar-refractivity contribution in [2.45, 2.75) is 13.1 Å². The number of methoxy groups -OCH3 is 1. The van der Waals surface area contributed by atoms with E-state index < -0.39 is 0 Å². The van der Waals surface area contributed by atoms with E-state index in [1.54, 1.807) is 7.11 Å². The molecule has 110 valence electrons. The van der Waals surface area contributed by atoms with Crippen LogP contribution in [0.1, 0.15) is 11.1 Å². The van der Waals surface area contributed by atoms with Crippen LogP contribution in [0.2, 0.25) is 0 Å². The van der Waals surface area contributed by atoms with E-state index in [4.69, 9.17) is 4.74 Å². The van der Waals surface area contributed by atoms with Gasteiger partial charge in [0.05, 0.1) is 7.11 Å². The maximum atomic E-state index is 11.8. The second kappa shape index (κ2) is 7.69. The summed E-state index contributed by atoms with van der Waals surface area (Å²) in [4.78, 5) is 11.8. The molecule has 0 unspecified atom stereocenters. The highest BCUT2D eigenvalue weighted by Crippen LogP contribution is 2.15. The van der Waals surface area contributed by atoms with Gasteiger partial charge in [-0.1, -0.05) is 46.3 Å². The van der Waals surface area contributed by atoms with Crippen LogP contribution in [0, 0.1) is 0 Å². The molecule has 2 amide bonds. The number of amides is 2. The van der Waals surface area contributed by atoms with Crippen molar-refractivity contribution < 1.29 is 9.53 Å². The molecular weight excluding hydrogens is 332 g/mol. The molecule has 0 radical (unpaired) electrons.